The molecule has 1 atom stereocenters. The second-order valence-electron chi connectivity index (χ2n) is 4.34. The highest BCUT2D eigenvalue weighted by atomic mass is 16.5. The highest BCUT2D eigenvalue weighted by molar-refractivity contribution is 5.79. The minimum Gasteiger partial charge on any atom is -0.379 e. The molecule has 0 spiro atoms. The molecule has 1 unspecified atom stereocenters. The van der Waals surface area contributed by atoms with Gasteiger partial charge in [0.25, 0.3) is 0 Å². The van der Waals surface area contributed by atoms with Crippen LogP contribution in [-0.4, -0.2) is 31.2 Å². The molecule has 0 bridgehead atoms. The lowest BCUT2D eigenvalue weighted by molar-refractivity contribution is -0.124. The summed E-state index contributed by atoms with van der Waals surface area (Å²) in [5, 5.41) is 18.4. The van der Waals surface area contributed by atoms with Crippen molar-refractivity contribution in [1.29, 1.82) is 10.5 Å². The Balaban J connectivity index is 2.65. The summed E-state index contributed by atoms with van der Waals surface area (Å²) in [6.07, 6.45) is 2.21. The van der Waals surface area contributed by atoms with Crippen LogP contribution < -0.4 is 0 Å². The molecule has 98 valence electrons. The van der Waals surface area contributed by atoms with Crippen LogP contribution in [0.3, 0.4) is 0 Å². The Morgan fingerprint density at radius 3 is 2.67 bits per heavy atom. The first kappa shape index (κ1) is 14.6. The maximum Gasteiger partial charge on any atom is 0.244 e. The number of Topliss-reactive ketones (excluding diaryl/α,β-unsaturated/α-hetero) is 1. The van der Waals surface area contributed by atoms with Gasteiger partial charge in [0, 0.05) is 25.4 Å². The molecule has 0 aromatic rings. The maximum atomic E-state index is 11.4. The predicted molar refractivity (Wildman–Crippen MR) is 63.4 cm³/mol. The SMILES string of the molecule is CCOCCOC(C#N)(C#N)C1CCCC(=O)C1. The maximum absolute atomic E-state index is 11.4. The van der Waals surface area contributed by atoms with Gasteiger partial charge in [-0.05, 0) is 19.8 Å². The monoisotopic (exact) mass is 250 g/mol. The summed E-state index contributed by atoms with van der Waals surface area (Å²) in [4.78, 5) is 11.4. The Morgan fingerprint density at radius 2 is 2.11 bits per heavy atom. The van der Waals surface area contributed by atoms with Crippen LogP contribution in [0, 0.1) is 28.6 Å². The van der Waals surface area contributed by atoms with E-state index in [1.807, 2.05) is 19.1 Å². The molecule has 1 fully saturated rings. The van der Waals surface area contributed by atoms with Crippen molar-refractivity contribution in [2.75, 3.05) is 19.8 Å². The van der Waals surface area contributed by atoms with Gasteiger partial charge in [-0.25, -0.2) is 0 Å². The number of ether oxygens (including phenoxy) is 2. The minimum atomic E-state index is -1.51. The van der Waals surface area contributed by atoms with E-state index in [0.29, 0.717) is 26.1 Å². The van der Waals surface area contributed by atoms with Crippen LogP contribution in [0.4, 0.5) is 0 Å². The number of nitrogens with zero attached hydrogens (tertiary/aromatic N) is 2. The highest BCUT2D eigenvalue weighted by Crippen LogP contribution is 2.33. The fourth-order valence-electron chi connectivity index (χ4n) is 2.17. The van der Waals surface area contributed by atoms with Gasteiger partial charge in [0.2, 0.25) is 5.60 Å². The fourth-order valence-corrected chi connectivity index (χ4v) is 2.17. The quantitative estimate of drug-likeness (QED) is 0.668. The van der Waals surface area contributed by atoms with E-state index in [0.717, 1.165) is 6.42 Å². The van der Waals surface area contributed by atoms with Gasteiger partial charge in [-0.1, -0.05) is 0 Å². The number of ketones is 1. The van der Waals surface area contributed by atoms with Crippen molar-refractivity contribution >= 4 is 5.78 Å². The zero-order valence-electron chi connectivity index (χ0n) is 10.6. The summed E-state index contributed by atoms with van der Waals surface area (Å²) in [6, 6.07) is 3.88. The molecule has 1 aliphatic rings. The van der Waals surface area contributed by atoms with Crippen molar-refractivity contribution < 1.29 is 14.3 Å². The van der Waals surface area contributed by atoms with Gasteiger partial charge < -0.3 is 9.47 Å². The molecule has 5 nitrogen and oxygen atoms in total. The van der Waals surface area contributed by atoms with E-state index in [1.54, 1.807) is 0 Å². The van der Waals surface area contributed by atoms with Gasteiger partial charge in [-0.3, -0.25) is 4.79 Å². The number of hydrogen-bond acceptors (Lipinski definition) is 5. The van der Waals surface area contributed by atoms with E-state index in [-0.39, 0.29) is 24.7 Å². The molecule has 1 saturated carbocycles. The first-order valence-corrected chi connectivity index (χ1v) is 6.24. The van der Waals surface area contributed by atoms with Crippen LogP contribution in [0.5, 0.6) is 0 Å². The molecule has 0 aromatic heterocycles. The molecular formula is C13H18N2O3. The summed E-state index contributed by atoms with van der Waals surface area (Å²) >= 11 is 0. The zero-order valence-corrected chi connectivity index (χ0v) is 10.6. The average Bonchev–Trinajstić information content (AvgIpc) is 2.40. The van der Waals surface area contributed by atoms with Gasteiger partial charge in [-0.2, -0.15) is 10.5 Å². The van der Waals surface area contributed by atoms with E-state index in [4.69, 9.17) is 9.47 Å². The summed E-state index contributed by atoms with van der Waals surface area (Å²) in [5.74, 6) is -0.218. The molecule has 5 heteroatoms. The van der Waals surface area contributed by atoms with Crippen LogP contribution >= 0.6 is 0 Å². The molecule has 0 saturated heterocycles. The standard InChI is InChI=1S/C13H18N2O3/c1-2-17-6-7-18-13(9-14,10-15)11-4-3-5-12(16)8-11/h11H,2-8H2,1H3. The van der Waals surface area contributed by atoms with Gasteiger partial charge in [0.1, 0.15) is 17.9 Å². The van der Waals surface area contributed by atoms with E-state index in [9.17, 15) is 15.3 Å². The second kappa shape index (κ2) is 7.10. The number of rotatable bonds is 6. The number of hydrogen-bond donors (Lipinski definition) is 0. The Hall–Kier alpha value is -1.43. The van der Waals surface area contributed by atoms with E-state index in [1.165, 1.54) is 0 Å². The van der Waals surface area contributed by atoms with Crippen molar-refractivity contribution in [3.63, 3.8) is 0 Å². The Bertz CT molecular complexity index is 353. The molecule has 0 radical (unpaired) electrons. The van der Waals surface area contributed by atoms with Crippen LogP contribution in [-0.2, 0) is 14.3 Å². The fraction of sp³-hybridized carbons (Fsp3) is 0.769. The highest BCUT2D eigenvalue weighted by Gasteiger charge is 2.43. The lowest BCUT2D eigenvalue weighted by atomic mass is 9.77. The van der Waals surface area contributed by atoms with Crippen LogP contribution in [0.1, 0.15) is 32.6 Å². The molecule has 0 N–H and O–H groups in total. The number of nitriles is 2. The van der Waals surface area contributed by atoms with E-state index >= 15 is 0 Å². The molecule has 0 amide bonds. The molecule has 0 heterocycles. The zero-order chi connectivity index (χ0) is 13.4. The van der Waals surface area contributed by atoms with Crippen molar-refractivity contribution in [3.05, 3.63) is 0 Å². The van der Waals surface area contributed by atoms with E-state index < -0.39 is 5.60 Å². The van der Waals surface area contributed by atoms with Crippen molar-refractivity contribution in [3.8, 4) is 12.1 Å². The van der Waals surface area contributed by atoms with Crippen molar-refractivity contribution in [2.24, 2.45) is 5.92 Å². The van der Waals surface area contributed by atoms with E-state index in [2.05, 4.69) is 0 Å². The smallest absolute Gasteiger partial charge is 0.244 e. The van der Waals surface area contributed by atoms with Crippen molar-refractivity contribution in [2.45, 2.75) is 38.2 Å². The third kappa shape index (κ3) is 3.53. The summed E-state index contributed by atoms with van der Waals surface area (Å²) in [5.41, 5.74) is -1.51. The Kier molecular flexibility index (Phi) is 5.77. The summed E-state index contributed by atoms with van der Waals surface area (Å²) < 4.78 is 10.5. The van der Waals surface area contributed by atoms with Crippen LogP contribution in [0.15, 0.2) is 0 Å². The normalized spacial score (nSPS) is 20.2. The molecule has 18 heavy (non-hydrogen) atoms. The molecule has 0 aliphatic heterocycles. The Morgan fingerprint density at radius 1 is 1.39 bits per heavy atom. The van der Waals surface area contributed by atoms with Crippen molar-refractivity contribution in [1.82, 2.24) is 0 Å². The molecule has 1 aliphatic carbocycles. The van der Waals surface area contributed by atoms with Gasteiger partial charge in [-0.15, -0.1) is 0 Å². The summed E-state index contributed by atoms with van der Waals surface area (Å²) in [7, 11) is 0. The first-order chi connectivity index (χ1) is 8.68. The largest absolute Gasteiger partial charge is 0.379 e. The third-order valence-electron chi connectivity index (χ3n) is 3.15. The van der Waals surface area contributed by atoms with Gasteiger partial charge in [0.05, 0.1) is 13.2 Å². The predicted octanol–water partition coefficient (Wildman–Crippen LogP) is 1.58. The lowest BCUT2D eigenvalue weighted by Gasteiger charge is -2.31. The number of carbonyl (C=O) groups is 1. The average molecular weight is 250 g/mol. The van der Waals surface area contributed by atoms with Gasteiger partial charge >= 0.3 is 0 Å². The van der Waals surface area contributed by atoms with Crippen LogP contribution in [0.25, 0.3) is 0 Å². The first-order valence-electron chi connectivity index (χ1n) is 6.24. The Labute approximate surface area is 107 Å². The molecule has 1 rings (SSSR count). The van der Waals surface area contributed by atoms with Gasteiger partial charge in [0.15, 0.2) is 0 Å². The summed E-state index contributed by atoms with van der Waals surface area (Å²) in [6.45, 7) is 2.97. The van der Waals surface area contributed by atoms with Crippen LogP contribution in [0.2, 0.25) is 0 Å². The molecule has 0 aromatic carbocycles. The second-order valence-corrected chi connectivity index (χ2v) is 4.34. The molecular weight excluding hydrogens is 232 g/mol. The third-order valence-corrected chi connectivity index (χ3v) is 3.15. The topological polar surface area (TPSA) is 83.1 Å². The lowest BCUT2D eigenvalue weighted by Crippen LogP contribution is -2.41. The minimum absolute atomic E-state index is 0.106. The number of carbonyl (C=O) groups excluding carboxylic acids is 1.